The Balaban J connectivity index is 1.71. The van der Waals surface area contributed by atoms with Crippen molar-refractivity contribution in [3.63, 3.8) is 0 Å². The van der Waals surface area contributed by atoms with Crippen LogP contribution < -0.4 is 4.90 Å². The number of nitrogens with zero attached hydrogens (tertiary/aromatic N) is 1. The van der Waals surface area contributed by atoms with Crippen molar-refractivity contribution in [3.05, 3.63) is 65.0 Å². The number of carbonyl (C=O) groups excluding carboxylic acids is 3. The van der Waals surface area contributed by atoms with Crippen molar-refractivity contribution in [3.8, 4) is 0 Å². The number of Topliss-reactive ketones (excluding diaryl/α,β-unsaturated/α-hetero) is 1. The van der Waals surface area contributed by atoms with Crippen LogP contribution >= 0.6 is 11.6 Å². The highest BCUT2D eigenvalue weighted by atomic mass is 35.5. The molecule has 2 atom stereocenters. The Morgan fingerprint density at radius 2 is 1.90 bits per heavy atom. The van der Waals surface area contributed by atoms with E-state index >= 15 is 0 Å². The first-order valence-corrected chi connectivity index (χ1v) is 10.3. The first-order valence-electron chi connectivity index (χ1n) is 9.74. The van der Waals surface area contributed by atoms with E-state index in [0.29, 0.717) is 0 Å². The number of alkyl halides is 1. The third kappa shape index (κ3) is 4.87. The van der Waals surface area contributed by atoms with Gasteiger partial charge in [0.05, 0.1) is 5.92 Å². The molecule has 0 saturated carbocycles. The zero-order chi connectivity index (χ0) is 21.8. The molecule has 0 spiro atoms. The third-order valence-electron chi connectivity index (χ3n) is 5.15. The number of ether oxygens (including phenoxy) is 1. The molecule has 1 saturated heterocycles. The number of aryl methyl sites for hydroxylation is 2. The fourth-order valence-corrected chi connectivity index (χ4v) is 3.78. The van der Waals surface area contributed by atoms with Gasteiger partial charge in [-0.05, 0) is 49.7 Å². The van der Waals surface area contributed by atoms with E-state index < -0.39 is 29.6 Å². The van der Waals surface area contributed by atoms with Gasteiger partial charge in [-0.2, -0.15) is 0 Å². The fraction of sp³-hybridized carbons (Fsp3) is 0.348. The summed E-state index contributed by atoms with van der Waals surface area (Å²) in [4.78, 5) is 39.5. The van der Waals surface area contributed by atoms with E-state index in [-0.39, 0.29) is 36.7 Å². The van der Waals surface area contributed by atoms with Crippen molar-refractivity contribution in [2.45, 2.75) is 32.8 Å². The van der Waals surface area contributed by atoms with E-state index in [1.165, 1.54) is 24.3 Å². The molecular weight excluding hydrogens is 409 g/mol. The van der Waals surface area contributed by atoms with Gasteiger partial charge in [0.1, 0.15) is 5.82 Å². The van der Waals surface area contributed by atoms with Gasteiger partial charge in [0, 0.05) is 36.5 Å². The summed E-state index contributed by atoms with van der Waals surface area (Å²) in [5.41, 5.74) is 3.03. The Kier molecular flexibility index (Phi) is 6.87. The maximum Gasteiger partial charge on any atom is 0.312 e. The number of hydrogen-bond donors (Lipinski definition) is 0. The molecule has 2 aromatic rings. The van der Waals surface area contributed by atoms with Crippen molar-refractivity contribution in [1.29, 1.82) is 0 Å². The minimum Gasteiger partial charge on any atom is -0.454 e. The molecule has 158 valence electrons. The summed E-state index contributed by atoms with van der Waals surface area (Å²) < 4.78 is 18.6. The molecule has 5 nitrogen and oxygen atoms in total. The monoisotopic (exact) mass is 431 g/mol. The molecular formula is C23H23ClFNO4. The van der Waals surface area contributed by atoms with Crippen LogP contribution in [0.15, 0.2) is 42.5 Å². The van der Waals surface area contributed by atoms with E-state index in [0.717, 1.165) is 16.8 Å². The van der Waals surface area contributed by atoms with Gasteiger partial charge < -0.3 is 9.64 Å². The summed E-state index contributed by atoms with van der Waals surface area (Å²) in [6.45, 7) is 4.08. The lowest BCUT2D eigenvalue weighted by molar-refractivity contribution is -0.151. The van der Waals surface area contributed by atoms with E-state index in [1.807, 2.05) is 32.0 Å². The number of esters is 1. The summed E-state index contributed by atoms with van der Waals surface area (Å²) in [5, 5.41) is 0. The second-order valence-electron chi connectivity index (χ2n) is 7.47. The van der Waals surface area contributed by atoms with Crippen LogP contribution in [0.3, 0.4) is 0 Å². The van der Waals surface area contributed by atoms with Crippen molar-refractivity contribution in [1.82, 2.24) is 0 Å². The zero-order valence-electron chi connectivity index (χ0n) is 16.9. The Labute approximate surface area is 179 Å². The molecule has 2 aromatic carbocycles. The van der Waals surface area contributed by atoms with E-state index in [1.54, 1.807) is 4.90 Å². The predicted molar refractivity (Wildman–Crippen MR) is 112 cm³/mol. The summed E-state index contributed by atoms with van der Waals surface area (Å²) in [7, 11) is 0. The van der Waals surface area contributed by atoms with Crippen molar-refractivity contribution >= 4 is 34.9 Å². The van der Waals surface area contributed by atoms with Gasteiger partial charge in [0.2, 0.25) is 11.7 Å². The second-order valence-corrected chi connectivity index (χ2v) is 7.85. The van der Waals surface area contributed by atoms with Crippen LogP contribution in [-0.4, -0.2) is 36.2 Å². The van der Waals surface area contributed by atoms with Crippen molar-refractivity contribution < 1.29 is 23.5 Å². The van der Waals surface area contributed by atoms with E-state index in [4.69, 9.17) is 16.3 Å². The predicted octanol–water partition coefficient (Wildman–Crippen LogP) is 4.22. The average Bonchev–Trinajstić information content (AvgIpc) is 3.09. The minimum absolute atomic E-state index is 0.0183. The Bertz CT molecular complexity index is 960. The highest BCUT2D eigenvalue weighted by Gasteiger charge is 2.38. The zero-order valence-corrected chi connectivity index (χ0v) is 17.6. The number of carbonyl (C=O) groups is 3. The van der Waals surface area contributed by atoms with Crippen LogP contribution in [0.25, 0.3) is 0 Å². The molecule has 0 aromatic heterocycles. The lowest BCUT2D eigenvalue weighted by atomic mass is 10.0. The number of hydrogen-bond acceptors (Lipinski definition) is 4. The number of halogens is 2. The molecule has 1 aliphatic heterocycles. The molecule has 1 heterocycles. The number of ketones is 1. The SMILES string of the molecule is Cc1ccc(N2C[C@H](C(=O)O[C@H](CCCl)C(=O)c3ccc(F)cc3)CC2=O)c(C)c1. The highest BCUT2D eigenvalue weighted by Crippen LogP contribution is 2.29. The van der Waals surface area contributed by atoms with Gasteiger partial charge >= 0.3 is 5.97 Å². The van der Waals surface area contributed by atoms with Gasteiger partial charge in [0.25, 0.3) is 0 Å². The number of benzene rings is 2. The van der Waals surface area contributed by atoms with Crippen molar-refractivity contribution in [2.24, 2.45) is 5.92 Å². The number of anilines is 1. The Hall–Kier alpha value is -2.73. The van der Waals surface area contributed by atoms with Crippen LogP contribution in [0.4, 0.5) is 10.1 Å². The second kappa shape index (κ2) is 9.39. The smallest absolute Gasteiger partial charge is 0.312 e. The number of amides is 1. The van der Waals surface area contributed by atoms with Crippen LogP contribution in [0, 0.1) is 25.6 Å². The molecule has 0 unspecified atom stereocenters. The molecule has 0 radical (unpaired) electrons. The molecule has 1 aliphatic rings. The van der Waals surface area contributed by atoms with Crippen LogP contribution in [0.2, 0.25) is 0 Å². The van der Waals surface area contributed by atoms with Crippen LogP contribution in [0.5, 0.6) is 0 Å². The summed E-state index contributed by atoms with van der Waals surface area (Å²) in [5.74, 6) is -2.24. The standard InChI is InChI=1S/C23H23ClFNO4/c1-14-3-8-19(15(2)11-14)26-13-17(12-21(26)27)23(29)30-20(9-10-24)22(28)16-4-6-18(25)7-5-16/h3-8,11,17,20H,9-10,12-13H2,1-2H3/t17-,20-/m1/s1. The van der Waals surface area contributed by atoms with Gasteiger partial charge in [-0.15, -0.1) is 11.6 Å². The summed E-state index contributed by atoms with van der Waals surface area (Å²) in [6, 6.07) is 10.8. The largest absolute Gasteiger partial charge is 0.454 e. The highest BCUT2D eigenvalue weighted by molar-refractivity contribution is 6.18. The van der Waals surface area contributed by atoms with E-state index in [9.17, 15) is 18.8 Å². The Morgan fingerprint density at radius 3 is 2.53 bits per heavy atom. The van der Waals surface area contributed by atoms with Gasteiger partial charge in [-0.1, -0.05) is 17.7 Å². The molecule has 30 heavy (non-hydrogen) atoms. The minimum atomic E-state index is -1.08. The summed E-state index contributed by atoms with van der Waals surface area (Å²) in [6.07, 6.45) is -0.930. The van der Waals surface area contributed by atoms with Gasteiger partial charge in [-0.25, -0.2) is 4.39 Å². The summed E-state index contributed by atoms with van der Waals surface area (Å²) >= 11 is 5.79. The third-order valence-corrected chi connectivity index (χ3v) is 5.37. The maximum absolute atomic E-state index is 13.1. The van der Waals surface area contributed by atoms with Crippen LogP contribution in [-0.2, 0) is 14.3 Å². The molecule has 0 aliphatic carbocycles. The lowest BCUT2D eigenvalue weighted by Crippen LogP contribution is -2.32. The molecule has 3 rings (SSSR count). The molecule has 0 N–H and O–H groups in total. The number of rotatable bonds is 7. The first kappa shape index (κ1) is 22.0. The van der Waals surface area contributed by atoms with Gasteiger partial charge in [0.15, 0.2) is 6.10 Å². The van der Waals surface area contributed by atoms with Gasteiger partial charge in [-0.3, -0.25) is 14.4 Å². The topological polar surface area (TPSA) is 63.7 Å². The molecule has 7 heteroatoms. The fourth-order valence-electron chi connectivity index (χ4n) is 3.59. The molecule has 1 amide bonds. The van der Waals surface area contributed by atoms with Crippen molar-refractivity contribution in [2.75, 3.05) is 17.3 Å². The van der Waals surface area contributed by atoms with Crippen LogP contribution in [0.1, 0.15) is 34.3 Å². The van der Waals surface area contributed by atoms with E-state index in [2.05, 4.69) is 0 Å². The molecule has 1 fully saturated rings. The quantitative estimate of drug-likeness (QED) is 0.374. The molecule has 0 bridgehead atoms. The first-order chi connectivity index (χ1) is 14.3. The Morgan fingerprint density at radius 1 is 1.20 bits per heavy atom. The normalized spacial score (nSPS) is 17.1. The average molecular weight is 432 g/mol. The lowest BCUT2D eigenvalue weighted by Gasteiger charge is -2.20. The maximum atomic E-state index is 13.1.